The number of aryl methyl sites for hydroxylation is 1. The van der Waals surface area contributed by atoms with E-state index in [0.717, 1.165) is 11.3 Å². The fourth-order valence-electron chi connectivity index (χ4n) is 4.40. The summed E-state index contributed by atoms with van der Waals surface area (Å²) in [4.78, 5) is 80.1. The maximum absolute atomic E-state index is 12.8. The van der Waals surface area contributed by atoms with Crippen molar-refractivity contribution >= 4 is 46.3 Å². The zero-order valence-electron chi connectivity index (χ0n) is 23.6. The lowest BCUT2D eigenvalue weighted by Crippen LogP contribution is -2.44. The van der Waals surface area contributed by atoms with E-state index in [1.54, 1.807) is 31.2 Å². The van der Waals surface area contributed by atoms with Gasteiger partial charge in [0, 0.05) is 37.2 Å². The molecule has 1 heterocycles. The predicted octanol–water partition coefficient (Wildman–Crippen LogP) is 1.66. The highest BCUT2D eigenvalue weighted by atomic mass is 16.4. The van der Waals surface area contributed by atoms with Gasteiger partial charge in [0.1, 0.15) is 17.9 Å². The van der Waals surface area contributed by atoms with Gasteiger partial charge in [0.15, 0.2) is 0 Å². The number of benzene rings is 2. The summed E-state index contributed by atoms with van der Waals surface area (Å²) in [5, 5.41) is 32.5. The molecule has 0 saturated heterocycles. The van der Waals surface area contributed by atoms with Crippen molar-refractivity contribution in [1.82, 2.24) is 20.6 Å². The summed E-state index contributed by atoms with van der Waals surface area (Å²) in [5.74, 6) is -4.95. The molecule has 0 radical (unpaired) electrons. The molecule has 3 rings (SSSR count). The number of fused-ring (bicyclic) bond motifs is 1. The fourth-order valence-corrected chi connectivity index (χ4v) is 4.40. The predicted molar refractivity (Wildman–Crippen MR) is 155 cm³/mol. The van der Waals surface area contributed by atoms with Crippen LogP contribution in [0.3, 0.4) is 0 Å². The molecule has 14 nitrogen and oxygen atoms in total. The molecule has 0 saturated carbocycles. The quantitative estimate of drug-likeness (QED) is 0.148. The third-order valence-electron chi connectivity index (χ3n) is 6.68. The SMILES string of the molecule is CCN(Cc1ccc2nc(C)[nH]c(=O)c2c1)c1ccc(C(=O)N[C@@H](CCC(=O)N[C@H](CCC(=O)O)C(=O)O)C(=O)O)cc1. The average molecular weight is 596 g/mol. The summed E-state index contributed by atoms with van der Waals surface area (Å²) in [7, 11) is 0. The van der Waals surface area contributed by atoms with Gasteiger partial charge in [-0.2, -0.15) is 0 Å². The van der Waals surface area contributed by atoms with Crippen LogP contribution >= 0.6 is 0 Å². The van der Waals surface area contributed by atoms with Crippen molar-refractivity contribution in [3.8, 4) is 0 Å². The van der Waals surface area contributed by atoms with Crippen LogP contribution in [0.1, 0.15) is 54.4 Å². The lowest BCUT2D eigenvalue weighted by atomic mass is 10.1. The summed E-state index contributed by atoms with van der Waals surface area (Å²) in [6.45, 7) is 4.77. The van der Waals surface area contributed by atoms with E-state index in [2.05, 4.69) is 20.6 Å². The maximum Gasteiger partial charge on any atom is 0.326 e. The second-order valence-electron chi connectivity index (χ2n) is 9.86. The number of H-pyrrole nitrogens is 1. The second-order valence-corrected chi connectivity index (χ2v) is 9.86. The maximum atomic E-state index is 12.8. The summed E-state index contributed by atoms with van der Waals surface area (Å²) in [6, 6.07) is 9.11. The number of hydrogen-bond acceptors (Lipinski definition) is 8. The van der Waals surface area contributed by atoms with Gasteiger partial charge in [-0.15, -0.1) is 0 Å². The Morgan fingerprint density at radius 2 is 1.53 bits per heavy atom. The Labute approximate surface area is 245 Å². The van der Waals surface area contributed by atoms with Crippen LogP contribution in [0.5, 0.6) is 0 Å². The van der Waals surface area contributed by atoms with E-state index < -0.39 is 54.6 Å². The number of carboxylic acids is 3. The lowest BCUT2D eigenvalue weighted by molar-refractivity contribution is -0.143. The Morgan fingerprint density at radius 1 is 0.907 bits per heavy atom. The van der Waals surface area contributed by atoms with Gasteiger partial charge in [0.25, 0.3) is 11.5 Å². The molecule has 0 spiro atoms. The number of anilines is 1. The molecule has 43 heavy (non-hydrogen) atoms. The number of carboxylic acid groups (broad SMARTS) is 3. The van der Waals surface area contributed by atoms with E-state index >= 15 is 0 Å². The molecule has 0 aliphatic carbocycles. The molecule has 2 atom stereocenters. The van der Waals surface area contributed by atoms with Gasteiger partial charge in [0.05, 0.1) is 10.9 Å². The normalized spacial score (nSPS) is 12.2. The van der Waals surface area contributed by atoms with Gasteiger partial charge in [-0.1, -0.05) is 6.07 Å². The highest BCUT2D eigenvalue weighted by Crippen LogP contribution is 2.20. The number of amides is 2. The third kappa shape index (κ3) is 9.11. The van der Waals surface area contributed by atoms with Crippen molar-refractivity contribution in [2.75, 3.05) is 11.4 Å². The van der Waals surface area contributed by atoms with E-state index in [9.17, 15) is 33.9 Å². The smallest absolute Gasteiger partial charge is 0.326 e. The van der Waals surface area contributed by atoms with Crippen molar-refractivity contribution in [3.63, 3.8) is 0 Å². The first-order chi connectivity index (χ1) is 20.4. The van der Waals surface area contributed by atoms with Crippen molar-refractivity contribution in [2.45, 2.75) is 58.2 Å². The number of nitrogens with zero attached hydrogens (tertiary/aromatic N) is 2. The molecular weight excluding hydrogens is 562 g/mol. The highest BCUT2D eigenvalue weighted by Gasteiger charge is 2.25. The molecular formula is C29H33N5O9. The average Bonchev–Trinajstić information content (AvgIpc) is 2.95. The van der Waals surface area contributed by atoms with Crippen LogP contribution in [0.2, 0.25) is 0 Å². The largest absolute Gasteiger partial charge is 0.481 e. The molecule has 0 unspecified atom stereocenters. The van der Waals surface area contributed by atoms with Crippen LogP contribution in [0, 0.1) is 6.92 Å². The lowest BCUT2D eigenvalue weighted by Gasteiger charge is -2.24. The Kier molecular flexibility index (Phi) is 10.9. The van der Waals surface area contributed by atoms with Crippen LogP contribution in [0.4, 0.5) is 5.69 Å². The van der Waals surface area contributed by atoms with Crippen molar-refractivity contribution in [3.05, 3.63) is 69.8 Å². The van der Waals surface area contributed by atoms with Crippen LogP contribution in [-0.2, 0) is 25.7 Å². The first-order valence-corrected chi connectivity index (χ1v) is 13.5. The summed E-state index contributed by atoms with van der Waals surface area (Å²) < 4.78 is 0. The zero-order chi connectivity index (χ0) is 31.7. The Balaban J connectivity index is 1.61. The van der Waals surface area contributed by atoms with Crippen molar-refractivity contribution < 1.29 is 39.3 Å². The fraction of sp³-hybridized carbons (Fsp3) is 0.345. The number of aromatic nitrogens is 2. The number of carbonyl (C=O) groups excluding carboxylic acids is 2. The highest BCUT2D eigenvalue weighted by molar-refractivity contribution is 5.97. The van der Waals surface area contributed by atoms with Crippen molar-refractivity contribution in [1.29, 1.82) is 0 Å². The Bertz CT molecular complexity index is 1570. The van der Waals surface area contributed by atoms with Crippen LogP contribution < -0.4 is 21.1 Å². The summed E-state index contributed by atoms with van der Waals surface area (Å²) in [6.07, 6.45) is -1.53. The number of hydrogen-bond donors (Lipinski definition) is 6. The topological polar surface area (TPSA) is 219 Å². The van der Waals surface area contributed by atoms with Crippen LogP contribution in [0.25, 0.3) is 10.9 Å². The number of aliphatic carboxylic acids is 3. The van der Waals surface area contributed by atoms with E-state index in [-0.39, 0.29) is 24.0 Å². The molecule has 0 fully saturated rings. The molecule has 228 valence electrons. The van der Waals surface area contributed by atoms with Gasteiger partial charge < -0.3 is 35.8 Å². The minimum Gasteiger partial charge on any atom is -0.481 e. The summed E-state index contributed by atoms with van der Waals surface area (Å²) in [5.41, 5.74) is 2.25. The van der Waals surface area contributed by atoms with Crippen molar-refractivity contribution in [2.24, 2.45) is 0 Å². The molecule has 2 amide bonds. The van der Waals surface area contributed by atoms with E-state index in [4.69, 9.17) is 10.2 Å². The Morgan fingerprint density at radius 3 is 2.14 bits per heavy atom. The summed E-state index contributed by atoms with van der Waals surface area (Å²) >= 11 is 0. The standard InChI is InChI=1S/C29H33N5O9/c1-3-34(15-17-4-9-21-20(14-17)27(39)31-16(2)30-21)19-7-5-18(6-8-19)26(38)33-23(29(42)43)10-12-24(35)32-22(28(40)41)11-13-25(36)37/h4-9,14,22-23H,3,10-13,15H2,1-2H3,(H,32,35)(H,33,38)(H,36,37)(H,40,41)(H,42,43)(H,30,31,39)/t22-,23+/m1/s1. The van der Waals surface area contributed by atoms with Crippen LogP contribution in [-0.4, -0.2) is 73.6 Å². The van der Waals surface area contributed by atoms with E-state index in [1.165, 1.54) is 12.1 Å². The third-order valence-corrected chi connectivity index (χ3v) is 6.68. The molecule has 0 aliphatic heterocycles. The molecule has 6 N–H and O–H groups in total. The molecule has 2 aromatic carbocycles. The number of carbonyl (C=O) groups is 5. The van der Waals surface area contributed by atoms with Gasteiger partial charge in [-0.05, 0) is 68.7 Å². The van der Waals surface area contributed by atoms with E-state index in [0.29, 0.717) is 29.8 Å². The number of nitrogens with one attached hydrogen (secondary N) is 3. The minimum absolute atomic E-state index is 0.189. The molecule has 1 aromatic heterocycles. The minimum atomic E-state index is -1.44. The Hall–Kier alpha value is -5.27. The van der Waals surface area contributed by atoms with Gasteiger partial charge in [-0.3, -0.25) is 19.2 Å². The monoisotopic (exact) mass is 595 g/mol. The molecule has 0 aliphatic rings. The van der Waals surface area contributed by atoms with Gasteiger partial charge in [0.2, 0.25) is 5.91 Å². The molecule has 0 bridgehead atoms. The molecule has 14 heteroatoms. The van der Waals surface area contributed by atoms with Gasteiger partial charge >= 0.3 is 17.9 Å². The zero-order valence-corrected chi connectivity index (χ0v) is 23.6. The van der Waals surface area contributed by atoms with Gasteiger partial charge in [-0.25, -0.2) is 14.6 Å². The number of rotatable bonds is 15. The molecule has 3 aromatic rings. The second kappa shape index (κ2) is 14.6. The first-order valence-electron chi connectivity index (χ1n) is 13.5. The first kappa shape index (κ1) is 32.2. The number of aromatic amines is 1. The van der Waals surface area contributed by atoms with E-state index in [1.807, 2.05) is 17.9 Å². The van der Waals surface area contributed by atoms with Crippen LogP contribution in [0.15, 0.2) is 47.3 Å².